The Labute approximate surface area is 129 Å². The first-order valence-corrected chi connectivity index (χ1v) is 7.71. The highest BCUT2D eigenvalue weighted by Crippen LogP contribution is 2.24. The smallest absolute Gasteiger partial charge is 0.326 e. The molecule has 1 aromatic heterocycles. The number of nitrogens with zero attached hydrogens (tertiary/aromatic N) is 2. The molecule has 1 saturated heterocycles. The number of para-hydroxylation sites is 1. The van der Waals surface area contributed by atoms with Gasteiger partial charge in [-0.2, -0.15) is 0 Å². The molecule has 1 aromatic carbocycles. The van der Waals surface area contributed by atoms with E-state index in [1.807, 2.05) is 30.5 Å². The van der Waals surface area contributed by atoms with Crippen molar-refractivity contribution in [2.45, 2.75) is 38.8 Å². The van der Waals surface area contributed by atoms with Gasteiger partial charge in [-0.15, -0.1) is 0 Å². The Hall–Kier alpha value is -2.30. The van der Waals surface area contributed by atoms with Gasteiger partial charge < -0.3 is 14.6 Å². The van der Waals surface area contributed by atoms with Gasteiger partial charge in [0.1, 0.15) is 6.04 Å². The third-order valence-corrected chi connectivity index (χ3v) is 4.41. The standard InChI is InChI=1S/C17H20N2O3/c1-2-18-11-12(13-6-3-4-7-14(13)18)10-16(20)19-9-5-8-15(19)17(21)22/h3-4,6-7,11,15H,2,5,8-10H2,1H3,(H,21,22). The molecular weight excluding hydrogens is 280 g/mol. The minimum Gasteiger partial charge on any atom is -0.480 e. The van der Waals surface area contributed by atoms with Crippen molar-refractivity contribution in [2.75, 3.05) is 6.54 Å². The molecule has 2 heterocycles. The van der Waals surface area contributed by atoms with Crippen molar-refractivity contribution < 1.29 is 14.7 Å². The Bertz CT molecular complexity index is 720. The van der Waals surface area contributed by atoms with E-state index >= 15 is 0 Å². The zero-order valence-corrected chi connectivity index (χ0v) is 12.7. The van der Waals surface area contributed by atoms with Crippen LogP contribution < -0.4 is 0 Å². The van der Waals surface area contributed by atoms with E-state index in [2.05, 4.69) is 11.5 Å². The number of carbonyl (C=O) groups excluding carboxylic acids is 1. The second-order valence-electron chi connectivity index (χ2n) is 5.72. The van der Waals surface area contributed by atoms with E-state index in [0.29, 0.717) is 13.0 Å². The number of amides is 1. The molecule has 5 heteroatoms. The van der Waals surface area contributed by atoms with Gasteiger partial charge in [0.2, 0.25) is 5.91 Å². The number of aliphatic carboxylic acids is 1. The van der Waals surface area contributed by atoms with Crippen molar-refractivity contribution in [1.29, 1.82) is 0 Å². The number of carboxylic acid groups (broad SMARTS) is 1. The first-order chi connectivity index (χ1) is 10.6. The lowest BCUT2D eigenvalue weighted by Crippen LogP contribution is -2.41. The molecule has 0 aliphatic carbocycles. The summed E-state index contributed by atoms with van der Waals surface area (Å²) in [4.78, 5) is 25.3. The molecule has 1 aliphatic heterocycles. The van der Waals surface area contributed by atoms with E-state index in [9.17, 15) is 14.7 Å². The van der Waals surface area contributed by atoms with E-state index < -0.39 is 12.0 Å². The Morgan fingerprint density at radius 1 is 1.32 bits per heavy atom. The van der Waals surface area contributed by atoms with Crippen LogP contribution in [0, 0.1) is 0 Å². The first kappa shape index (κ1) is 14.6. The number of benzene rings is 1. The Balaban J connectivity index is 1.87. The van der Waals surface area contributed by atoms with E-state index in [-0.39, 0.29) is 12.3 Å². The summed E-state index contributed by atoms with van der Waals surface area (Å²) in [5.74, 6) is -0.995. The van der Waals surface area contributed by atoms with E-state index in [1.165, 1.54) is 4.90 Å². The van der Waals surface area contributed by atoms with Crippen molar-refractivity contribution in [2.24, 2.45) is 0 Å². The molecule has 1 fully saturated rings. The Morgan fingerprint density at radius 3 is 2.82 bits per heavy atom. The fourth-order valence-electron chi connectivity index (χ4n) is 3.31. The van der Waals surface area contributed by atoms with Gasteiger partial charge in [-0.3, -0.25) is 4.79 Å². The van der Waals surface area contributed by atoms with Crippen molar-refractivity contribution in [3.63, 3.8) is 0 Å². The van der Waals surface area contributed by atoms with Crippen LogP contribution in [0.1, 0.15) is 25.3 Å². The maximum Gasteiger partial charge on any atom is 0.326 e. The lowest BCUT2D eigenvalue weighted by atomic mass is 10.1. The second kappa shape index (κ2) is 5.83. The molecule has 0 saturated carbocycles. The highest BCUT2D eigenvalue weighted by atomic mass is 16.4. The summed E-state index contributed by atoms with van der Waals surface area (Å²) in [6, 6.07) is 7.35. The van der Waals surface area contributed by atoms with Gasteiger partial charge in [-0.25, -0.2) is 4.79 Å². The average Bonchev–Trinajstić information content (AvgIpc) is 3.12. The van der Waals surface area contributed by atoms with E-state index in [0.717, 1.165) is 29.4 Å². The van der Waals surface area contributed by atoms with Gasteiger partial charge in [-0.05, 0) is 31.4 Å². The monoisotopic (exact) mass is 300 g/mol. The molecule has 0 bridgehead atoms. The van der Waals surface area contributed by atoms with Crippen molar-refractivity contribution in [3.05, 3.63) is 36.0 Å². The Kier molecular flexibility index (Phi) is 3.88. The molecule has 1 amide bonds. The number of likely N-dealkylation sites (tertiary alicyclic amines) is 1. The third-order valence-electron chi connectivity index (χ3n) is 4.41. The number of fused-ring (bicyclic) bond motifs is 1. The number of carbonyl (C=O) groups is 2. The fourth-order valence-corrected chi connectivity index (χ4v) is 3.31. The maximum absolute atomic E-state index is 12.5. The zero-order valence-electron chi connectivity index (χ0n) is 12.7. The molecule has 22 heavy (non-hydrogen) atoms. The summed E-state index contributed by atoms with van der Waals surface area (Å²) >= 11 is 0. The van der Waals surface area contributed by atoms with Crippen molar-refractivity contribution >= 4 is 22.8 Å². The summed E-state index contributed by atoms with van der Waals surface area (Å²) in [5.41, 5.74) is 2.09. The SMILES string of the molecule is CCn1cc(CC(=O)N2CCCC2C(=O)O)c2ccccc21. The van der Waals surface area contributed by atoms with Crippen LogP contribution in [0.2, 0.25) is 0 Å². The van der Waals surface area contributed by atoms with Crippen LogP contribution >= 0.6 is 0 Å². The largest absolute Gasteiger partial charge is 0.480 e. The van der Waals surface area contributed by atoms with Crippen LogP contribution in [0.5, 0.6) is 0 Å². The number of hydrogen-bond donors (Lipinski definition) is 1. The summed E-state index contributed by atoms with van der Waals surface area (Å²) in [6.07, 6.45) is 3.59. The van der Waals surface area contributed by atoms with Crippen molar-refractivity contribution in [3.8, 4) is 0 Å². The normalized spacial score (nSPS) is 18.0. The fraction of sp³-hybridized carbons (Fsp3) is 0.412. The van der Waals surface area contributed by atoms with Crippen LogP contribution in [0.3, 0.4) is 0 Å². The van der Waals surface area contributed by atoms with Crippen LogP contribution in [0.4, 0.5) is 0 Å². The predicted octanol–water partition coefficient (Wildman–Crippen LogP) is 2.28. The summed E-state index contributed by atoms with van der Waals surface area (Å²) in [7, 11) is 0. The summed E-state index contributed by atoms with van der Waals surface area (Å²) in [6.45, 7) is 3.46. The van der Waals surface area contributed by atoms with Gasteiger partial charge in [0.05, 0.1) is 6.42 Å². The molecule has 1 unspecified atom stereocenters. The lowest BCUT2D eigenvalue weighted by molar-refractivity contribution is -0.147. The average molecular weight is 300 g/mol. The van der Waals surface area contributed by atoms with Gasteiger partial charge in [-0.1, -0.05) is 18.2 Å². The molecule has 1 atom stereocenters. The molecular formula is C17H20N2O3. The number of carboxylic acids is 1. The number of aryl methyl sites for hydroxylation is 1. The van der Waals surface area contributed by atoms with E-state index in [1.54, 1.807) is 0 Å². The van der Waals surface area contributed by atoms with Gasteiger partial charge >= 0.3 is 5.97 Å². The topological polar surface area (TPSA) is 62.5 Å². The van der Waals surface area contributed by atoms with Gasteiger partial charge in [0.25, 0.3) is 0 Å². The highest BCUT2D eigenvalue weighted by molar-refractivity contribution is 5.91. The Morgan fingerprint density at radius 2 is 2.09 bits per heavy atom. The zero-order chi connectivity index (χ0) is 15.7. The molecule has 3 rings (SSSR count). The summed E-state index contributed by atoms with van der Waals surface area (Å²) in [5, 5.41) is 10.3. The predicted molar refractivity (Wildman–Crippen MR) is 83.7 cm³/mol. The van der Waals surface area contributed by atoms with Crippen LogP contribution in [-0.2, 0) is 22.6 Å². The van der Waals surface area contributed by atoms with Crippen LogP contribution in [0.25, 0.3) is 10.9 Å². The minimum atomic E-state index is -0.901. The van der Waals surface area contributed by atoms with E-state index in [4.69, 9.17) is 0 Å². The van der Waals surface area contributed by atoms with Gasteiger partial charge in [0, 0.05) is 30.2 Å². The molecule has 0 spiro atoms. The quantitative estimate of drug-likeness (QED) is 0.942. The number of hydrogen-bond acceptors (Lipinski definition) is 2. The lowest BCUT2D eigenvalue weighted by Gasteiger charge is -2.21. The van der Waals surface area contributed by atoms with Crippen LogP contribution in [-0.4, -0.2) is 39.0 Å². The molecule has 2 aromatic rings. The maximum atomic E-state index is 12.5. The first-order valence-electron chi connectivity index (χ1n) is 7.71. The number of rotatable bonds is 4. The summed E-state index contributed by atoms with van der Waals surface area (Å²) < 4.78 is 2.12. The molecule has 1 aliphatic rings. The number of aromatic nitrogens is 1. The molecule has 1 N–H and O–H groups in total. The second-order valence-corrected chi connectivity index (χ2v) is 5.72. The molecule has 5 nitrogen and oxygen atoms in total. The molecule has 116 valence electrons. The highest BCUT2D eigenvalue weighted by Gasteiger charge is 2.33. The third kappa shape index (κ3) is 2.47. The minimum absolute atomic E-state index is 0.0936. The van der Waals surface area contributed by atoms with Crippen LogP contribution in [0.15, 0.2) is 30.5 Å². The molecule has 0 radical (unpaired) electrons. The van der Waals surface area contributed by atoms with Gasteiger partial charge in [0.15, 0.2) is 0 Å². The van der Waals surface area contributed by atoms with Crippen molar-refractivity contribution in [1.82, 2.24) is 9.47 Å².